The molecule has 0 N–H and O–H groups in total. The Morgan fingerprint density at radius 3 is 2.24 bits per heavy atom. The summed E-state index contributed by atoms with van der Waals surface area (Å²) in [5.41, 5.74) is 3.21. The van der Waals surface area contributed by atoms with Crippen LogP contribution in [0.2, 0.25) is 0 Å². The molecule has 0 heterocycles. The van der Waals surface area contributed by atoms with Crippen LogP contribution in [0.15, 0.2) is 85.5 Å². The number of ether oxygens (including phenoxy) is 2. The number of Topliss-reactive ketones (excluding diaryl/α,β-unsaturated/α-hetero) is 1. The van der Waals surface area contributed by atoms with Crippen molar-refractivity contribution in [1.82, 2.24) is 0 Å². The second-order valence-electron chi connectivity index (χ2n) is 10.9. The van der Waals surface area contributed by atoms with Gasteiger partial charge in [-0.05, 0) is 59.6 Å². The highest BCUT2D eigenvalue weighted by Gasteiger charge is 2.21. The number of allylic oxidation sites excluding steroid dienone is 3. The zero-order chi connectivity index (χ0) is 28.0. The summed E-state index contributed by atoms with van der Waals surface area (Å²) >= 11 is 2.05. The highest BCUT2D eigenvalue weighted by Crippen LogP contribution is 2.29. The van der Waals surface area contributed by atoms with Gasteiger partial charge in [-0.25, -0.2) is 0 Å². The lowest BCUT2D eigenvalue weighted by Gasteiger charge is -2.30. The number of thioether (sulfide) groups is 1. The van der Waals surface area contributed by atoms with Crippen molar-refractivity contribution >= 4 is 17.5 Å². The maximum atomic E-state index is 12.2. The fourth-order valence-corrected chi connectivity index (χ4v) is 5.28. The standard InChI is InChI=1S/C33H46NO3S/c1-8-11-23-38-26-33(4,5)29-15-19-30(20-16-29)36-22-21-34(6,7)24-27-13-17-31(18-14-27)37-25-32(35)28(10-3)12-9-2/h9-10,12-20H,2-3,8,11,21-26H2,1,4-7H3/q+1/b28-12+. The van der Waals surface area contributed by atoms with E-state index in [1.807, 2.05) is 23.9 Å². The van der Waals surface area contributed by atoms with Gasteiger partial charge in [0, 0.05) is 16.9 Å². The van der Waals surface area contributed by atoms with Crippen LogP contribution < -0.4 is 9.47 Å². The van der Waals surface area contributed by atoms with Crippen LogP contribution in [-0.2, 0) is 16.8 Å². The number of benzene rings is 2. The van der Waals surface area contributed by atoms with Crippen LogP contribution >= 0.6 is 11.8 Å². The van der Waals surface area contributed by atoms with E-state index in [9.17, 15) is 4.79 Å². The number of carbonyl (C=O) groups is 1. The molecular formula is C33H46NO3S+. The van der Waals surface area contributed by atoms with Crippen molar-refractivity contribution in [1.29, 1.82) is 0 Å². The summed E-state index contributed by atoms with van der Waals surface area (Å²) in [5.74, 6) is 3.83. The molecule has 0 unspecified atom stereocenters. The number of hydrogen-bond donors (Lipinski definition) is 0. The second-order valence-corrected chi connectivity index (χ2v) is 12.0. The highest BCUT2D eigenvalue weighted by atomic mass is 32.2. The quantitative estimate of drug-likeness (QED) is 0.0861. The molecule has 38 heavy (non-hydrogen) atoms. The fraction of sp³-hybridized carbons (Fsp3) is 0.424. The minimum Gasteiger partial charge on any atom is -0.488 e. The predicted molar refractivity (Wildman–Crippen MR) is 163 cm³/mol. The summed E-state index contributed by atoms with van der Waals surface area (Å²) < 4.78 is 12.5. The molecule has 0 bridgehead atoms. The van der Waals surface area contributed by atoms with Gasteiger partial charge >= 0.3 is 0 Å². The number of rotatable bonds is 18. The first kappa shape index (κ1) is 31.5. The summed E-state index contributed by atoms with van der Waals surface area (Å²) in [4.78, 5) is 12.2. The van der Waals surface area contributed by atoms with E-state index in [2.05, 4.69) is 84.4 Å². The van der Waals surface area contributed by atoms with Crippen molar-refractivity contribution in [2.24, 2.45) is 0 Å². The van der Waals surface area contributed by atoms with Crippen LogP contribution in [0, 0.1) is 0 Å². The summed E-state index contributed by atoms with van der Waals surface area (Å²) in [6.45, 7) is 16.5. The zero-order valence-corrected chi connectivity index (χ0v) is 24.8. The first-order valence-electron chi connectivity index (χ1n) is 13.4. The van der Waals surface area contributed by atoms with Crippen molar-refractivity contribution < 1.29 is 18.8 Å². The SMILES string of the molecule is C=C/C=C(\C=C)C(=O)COc1ccc(C[N+](C)(C)CCOc2ccc(C(C)(C)CSCCCC)cc2)cc1. The van der Waals surface area contributed by atoms with Crippen LogP contribution in [0.3, 0.4) is 0 Å². The summed E-state index contributed by atoms with van der Waals surface area (Å²) in [6, 6.07) is 16.5. The van der Waals surface area contributed by atoms with Crippen LogP contribution in [0.4, 0.5) is 0 Å². The van der Waals surface area contributed by atoms with Crippen molar-refractivity contribution in [2.75, 3.05) is 45.4 Å². The maximum absolute atomic E-state index is 12.2. The number of likely N-dealkylation sites (N-methyl/N-ethyl adjacent to an activating group) is 1. The van der Waals surface area contributed by atoms with Gasteiger partial charge in [-0.1, -0.05) is 70.7 Å². The van der Waals surface area contributed by atoms with Crippen LogP contribution in [-0.4, -0.2) is 55.6 Å². The number of carbonyl (C=O) groups excluding carboxylic acids is 1. The maximum Gasteiger partial charge on any atom is 0.200 e. The Morgan fingerprint density at radius 1 is 1.00 bits per heavy atom. The molecule has 206 valence electrons. The zero-order valence-electron chi connectivity index (χ0n) is 24.0. The van der Waals surface area contributed by atoms with E-state index in [0.717, 1.165) is 29.1 Å². The molecule has 0 amide bonds. The number of quaternary nitrogens is 1. The van der Waals surface area contributed by atoms with E-state index in [-0.39, 0.29) is 17.8 Å². The Labute approximate surface area is 235 Å². The second kappa shape index (κ2) is 15.6. The lowest BCUT2D eigenvalue weighted by molar-refractivity contribution is -0.903. The van der Waals surface area contributed by atoms with E-state index in [1.165, 1.54) is 35.8 Å². The van der Waals surface area contributed by atoms with E-state index in [4.69, 9.17) is 9.47 Å². The van der Waals surface area contributed by atoms with Gasteiger partial charge in [0.2, 0.25) is 0 Å². The third-order valence-electron chi connectivity index (χ3n) is 6.45. The van der Waals surface area contributed by atoms with Gasteiger partial charge < -0.3 is 14.0 Å². The molecule has 2 aromatic carbocycles. The number of hydrogen-bond acceptors (Lipinski definition) is 4. The monoisotopic (exact) mass is 536 g/mol. The van der Waals surface area contributed by atoms with Crippen molar-refractivity contribution in [3.63, 3.8) is 0 Å². The smallest absolute Gasteiger partial charge is 0.200 e. The average Bonchev–Trinajstić information content (AvgIpc) is 2.89. The molecule has 0 aliphatic heterocycles. The van der Waals surface area contributed by atoms with E-state index in [1.54, 1.807) is 12.2 Å². The Hall–Kier alpha value is -2.76. The molecule has 4 nitrogen and oxygen atoms in total. The fourth-order valence-electron chi connectivity index (χ4n) is 3.97. The van der Waals surface area contributed by atoms with E-state index in [0.29, 0.717) is 17.9 Å². The van der Waals surface area contributed by atoms with Gasteiger partial charge in [-0.2, -0.15) is 11.8 Å². The van der Waals surface area contributed by atoms with Gasteiger partial charge in [0.15, 0.2) is 12.4 Å². The summed E-state index contributed by atoms with van der Waals surface area (Å²) in [6.07, 6.45) is 7.27. The molecule has 2 aromatic rings. The Balaban J connectivity index is 1.80. The molecule has 0 atom stereocenters. The Morgan fingerprint density at radius 2 is 1.63 bits per heavy atom. The number of ketones is 1. The number of nitrogens with zero attached hydrogens (tertiary/aromatic N) is 1. The Bertz CT molecular complexity index is 1050. The van der Waals surface area contributed by atoms with Gasteiger partial charge in [0.25, 0.3) is 0 Å². The minimum absolute atomic E-state index is 0.0274. The van der Waals surface area contributed by atoms with Gasteiger partial charge in [-0.3, -0.25) is 4.79 Å². The van der Waals surface area contributed by atoms with Crippen LogP contribution in [0.5, 0.6) is 11.5 Å². The van der Waals surface area contributed by atoms with Crippen LogP contribution in [0.25, 0.3) is 0 Å². The van der Waals surface area contributed by atoms with Crippen molar-refractivity contribution in [3.05, 3.63) is 96.6 Å². The van der Waals surface area contributed by atoms with E-state index < -0.39 is 0 Å². The highest BCUT2D eigenvalue weighted by molar-refractivity contribution is 7.99. The summed E-state index contributed by atoms with van der Waals surface area (Å²) in [5, 5.41) is 0. The molecular weight excluding hydrogens is 490 g/mol. The van der Waals surface area contributed by atoms with Gasteiger partial charge in [0.05, 0.1) is 14.1 Å². The molecule has 0 aromatic heterocycles. The topological polar surface area (TPSA) is 35.5 Å². The third-order valence-corrected chi connectivity index (χ3v) is 7.95. The first-order chi connectivity index (χ1) is 18.1. The lowest BCUT2D eigenvalue weighted by Crippen LogP contribution is -2.41. The summed E-state index contributed by atoms with van der Waals surface area (Å²) in [7, 11) is 4.41. The number of unbranched alkanes of at least 4 members (excludes halogenated alkanes) is 1. The molecule has 0 spiro atoms. The van der Waals surface area contributed by atoms with Crippen molar-refractivity contribution in [3.8, 4) is 11.5 Å². The largest absolute Gasteiger partial charge is 0.488 e. The molecule has 5 heteroatoms. The predicted octanol–water partition coefficient (Wildman–Crippen LogP) is 7.40. The molecule has 0 saturated carbocycles. The Kier molecular flexibility index (Phi) is 12.9. The van der Waals surface area contributed by atoms with E-state index >= 15 is 0 Å². The van der Waals surface area contributed by atoms with Crippen molar-refractivity contribution in [2.45, 2.75) is 45.6 Å². The normalized spacial score (nSPS) is 12.2. The average molecular weight is 537 g/mol. The third kappa shape index (κ3) is 10.9. The lowest BCUT2D eigenvalue weighted by atomic mass is 9.87. The van der Waals surface area contributed by atoms with Gasteiger partial charge in [0.1, 0.15) is 31.2 Å². The minimum atomic E-state index is -0.124. The molecule has 2 rings (SSSR count). The van der Waals surface area contributed by atoms with Crippen LogP contribution in [0.1, 0.15) is 44.7 Å². The molecule has 0 aliphatic rings. The molecule has 0 fully saturated rings. The first-order valence-corrected chi connectivity index (χ1v) is 14.6. The molecule has 0 radical (unpaired) electrons. The van der Waals surface area contributed by atoms with Gasteiger partial charge in [-0.15, -0.1) is 0 Å². The molecule has 0 saturated heterocycles. The molecule has 0 aliphatic carbocycles.